The average Bonchev–Trinajstić information content (AvgIpc) is 3.72. The number of morpholine rings is 1. The van der Waals surface area contributed by atoms with Gasteiger partial charge in [0.05, 0.1) is 37.4 Å². The topological polar surface area (TPSA) is 175 Å². The van der Waals surface area contributed by atoms with Gasteiger partial charge in [0, 0.05) is 18.7 Å². The van der Waals surface area contributed by atoms with Gasteiger partial charge in [-0.1, -0.05) is 131 Å². The number of nitrogens with one attached hydrogen (secondary N) is 1. The summed E-state index contributed by atoms with van der Waals surface area (Å²) in [6, 6.07) is 25.9. The highest BCUT2D eigenvalue weighted by atomic mass is 16.6. The molecule has 4 amide bonds. The minimum absolute atomic E-state index is 0.0335. The van der Waals surface area contributed by atoms with Crippen molar-refractivity contribution in [3.63, 3.8) is 0 Å². The monoisotopic (exact) mass is 978 g/mol. The number of carbonyl (C=O) groups is 5. The molecule has 1 spiro atoms. The number of cyclic esters (lactones) is 1. The smallest absolute Gasteiger partial charge is 0.329 e. The Morgan fingerprint density at radius 1 is 0.792 bits per heavy atom. The summed E-state index contributed by atoms with van der Waals surface area (Å²) in [7, 11) is 1.23. The summed E-state index contributed by atoms with van der Waals surface area (Å²) in [6.45, 7) is 4.12. The fourth-order valence-corrected chi connectivity index (χ4v) is 12.0. The second-order valence-electron chi connectivity index (χ2n) is 20.3. The molecule has 0 unspecified atom stereocenters. The fraction of sp³-hybridized carbons (Fsp3) is 0.466. The van der Waals surface area contributed by atoms with Gasteiger partial charge in [-0.2, -0.15) is 0 Å². The highest BCUT2D eigenvalue weighted by Crippen LogP contribution is 2.66. The molecule has 0 bridgehead atoms. The van der Waals surface area contributed by atoms with Crippen molar-refractivity contribution >= 4 is 35.5 Å². The van der Waals surface area contributed by atoms with E-state index in [0.29, 0.717) is 53.9 Å². The van der Waals surface area contributed by atoms with E-state index in [1.807, 2.05) is 77.7 Å². The first-order valence-electron chi connectivity index (χ1n) is 25.7. The van der Waals surface area contributed by atoms with Crippen LogP contribution >= 0.6 is 0 Å². The van der Waals surface area contributed by atoms with E-state index in [1.165, 1.54) is 7.11 Å². The molecule has 4 aromatic carbocycles. The van der Waals surface area contributed by atoms with Crippen LogP contribution in [0.1, 0.15) is 130 Å². The van der Waals surface area contributed by atoms with E-state index in [1.54, 1.807) is 49.1 Å². The molecule has 4 heterocycles. The van der Waals surface area contributed by atoms with E-state index in [-0.39, 0.29) is 18.9 Å². The number of carbonyl (C=O) groups excluding carboxylic acids is 5. The van der Waals surface area contributed by atoms with Crippen molar-refractivity contribution < 1.29 is 48.4 Å². The van der Waals surface area contributed by atoms with Crippen LogP contribution in [0.3, 0.4) is 0 Å². The Hall–Kier alpha value is -6.53. The van der Waals surface area contributed by atoms with E-state index in [0.717, 1.165) is 68.3 Å². The molecule has 5 aliphatic rings. The molecule has 4 aliphatic heterocycles. The van der Waals surface area contributed by atoms with Crippen molar-refractivity contribution in [3.05, 3.63) is 131 Å². The number of hydrogen-bond donors (Lipinski definition) is 3. The van der Waals surface area contributed by atoms with Gasteiger partial charge in [0.2, 0.25) is 11.8 Å². The number of ether oxygens (including phenoxy) is 3. The maximum Gasteiger partial charge on any atom is 0.329 e. The number of nitrogens with zero attached hydrogens (tertiary/aromatic N) is 3. The number of aliphatic hydroxyl groups is 2. The van der Waals surface area contributed by atoms with Gasteiger partial charge >= 0.3 is 18.0 Å². The first kappa shape index (κ1) is 50.4. The van der Waals surface area contributed by atoms with Crippen LogP contribution < -0.4 is 15.0 Å². The highest BCUT2D eigenvalue weighted by molar-refractivity contribution is 6.25. The molecule has 9 rings (SSSR count). The first-order valence-corrected chi connectivity index (χ1v) is 25.7. The second kappa shape index (κ2) is 21.7. The highest BCUT2D eigenvalue weighted by Gasteiger charge is 2.76. The number of benzene rings is 4. The maximum atomic E-state index is 16.9. The summed E-state index contributed by atoms with van der Waals surface area (Å²) in [5.74, 6) is 2.39. The van der Waals surface area contributed by atoms with E-state index in [4.69, 9.17) is 14.2 Å². The van der Waals surface area contributed by atoms with Crippen molar-refractivity contribution in [1.82, 2.24) is 15.1 Å². The van der Waals surface area contributed by atoms with Gasteiger partial charge in [0.25, 0.3) is 0 Å². The summed E-state index contributed by atoms with van der Waals surface area (Å²) >= 11 is 0. The second-order valence-corrected chi connectivity index (χ2v) is 20.3. The number of aliphatic hydroxyl groups excluding tert-OH is 1. The molecule has 14 nitrogen and oxygen atoms in total. The minimum Gasteiger partial charge on any atom is -0.491 e. The van der Waals surface area contributed by atoms with Crippen molar-refractivity contribution in [3.8, 4) is 17.6 Å². The molecular weight excluding hydrogens is 913 g/mol. The zero-order valence-electron chi connectivity index (χ0n) is 41.5. The number of rotatable bonds is 10. The molecule has 4 fully saturated rings. The Balaban J connectivity index is 1.36. The molecule has 1 saturated carbocycles. The van der Waals surface area contributed by atoms with E-state index in [9.17, 15) is 15.0 Å². The van der Waals surface area contributed by atoms with Gasteiger partial charge in [-0.05, 0) is 97.0 Å². The lowest BCUT2D eigenvalue weighted by Gasteiger charge is -2.46. The number of hydrogen-bond acceptors (Lipinski definition) is 11. The third kappa shape index (κ3) is 9.50. The quantitative estimate of drug-likeness (QED) is 0.0802. The molecule has 3 saturated heterocycles. The molecule has 0 radical (unpaired) electrons. The standard InChI is InChI=1S/C58H66N4O10/c1-38(2)47(53(65)70-3)59-56(68)61-45-28-23-39(29-32-57(69)30-15-5-6-16-31-57)37-44(45)58(55(61)67)46(52(64)60-33-17-7-4-8-18-34-60)49-54(66)72-50(41-21-13-10-14-22-41)48(40-19-11-9-12-20-40)62(49)51(58)42-24-26-43(27-25-42)71-36-35-63/h9-14,19-28,37-38,46-51,63,69H,4-8,15-18,30-31,33-36H2,1-3H3,(H,59,68)/t46-,47+,48-,49-,50+,51+,58-/m1/s1. The molecule has 72 heavy (non-hydrogen) atoms. The number of likely N-dealkylation sites (tertiary alicyclic amines) is 1. The van der Waals surface area contributed by atoms with Crippen molar-refractivity contribution in [2.75, 3.05) is 38.3 Å². The van der Waals surface area contributed by atoms with Gasteiger partial charge in [-0.3, -0.25) is 19.3 Å². The van der Waals surface area contributed by atoms with Gasteiger partial charge in [-0.15, -0.1) is 0 Å². The fourth-order valence-electron chi connectivity index (χ4n) is 12.0. The summed E-state index contributed by atoms with van der Waals surface area (Å²) in [5.41, 5.74) is -0.385. The molecule has 7 atom stereocenters. The number of methoxy groups -OCH3 is 1. The lowest BCUT2D eigenvalue weighted by Crippen LogP contribution is -2.58. The van der Waals surface area contributed by atoms with Gasteiger partial charge in [-0.25, -0.2) is 14.5 Å². The molecule has 3 N–H and O–H groups in total. The van der Waals surface area contributed by atoms with Crippen molar-refractivity contribution in [1.29, 1.82) is 0 Å². The van der Waals surface area contributed by atoms with Gasteiger partial charge in [0.15, 0.2) is 0 Å². The summed E-state index contributed by atoms with van der Waals surface area (Å²) in [6.07, 6.45) is 8.01. The predicted octanol–water partition coefficient (Wildman–Crippen LogP) is 7.86. The molecule has 4 aromatic rings. The van der Waals surface area contributed by atoms with Crippen molar-refractivity contribution in [2.24, 2.45) is 11.8 Å². The normalized spacial score (nSPS) is 25.4. The van der Waals surface area contributed by atoms with Crippen LogP contribution in [0.15, 0.2) is 103 Å². The van der Waals surface area contributed by atoms with Crippen LogP contribution in [0.4, 0.5) is 10.5 Å². The first-order chi connectivity index (χ1) is 34.9. The number of anilines is 1. The largest absolute Gasteiger partial charge is 0.491 e. The number of imide groups is 1. The minimum atomic E-state index is -2.04. The number of amides is 4. The van der Waals surface area contributed by atoms with Crippen LogP contribution in [0.5, 0.6) is 5.75 Å². The maximum absolute atomic E-state index is 16.9. The van der Waals surface area contributed by atoms with E-state index >= 15 is 19.2 Å². The Morgan fingerprint density at radius 3 is 2.04 bits per heavy atom. The van der Waals surface area contributed by atoms with E-state index < -0.39 is 82.9 Å². The Labute approximate surface area is 422 Å². The lowest BCUT2D eigenvalue weighted by molar-refractivity contribution is -0.179. The average molecular weight is 979 g/mol. The van der Waals surface area contributed by atoms with Crippen LogP contribution in [-0.4, -0.2) is 101 Å². The molecule has 0 aromatic heterocycles. The number of esters is 2. The van der Waals surface area contributed by atoms with Crippen LogP contribution in [0.25, 0.3) is 0 Å². The van der Waals surface area contributed by atoms with Crippen LogP contribution in [-0.2, 0) is 34.1 Å². The summed E-state index contributed by atoms with van der Waals surface area (Å²) < 4.78 is 17.7. The molecular formula is C58H66N4O10. The lowest BCUT2D eigenvalue weighted by atomic mass is 9.64. The van der Waals surface area contributed by atoms with Crippen molar-refractivity contribution in [2.45, 2.75) is 126 Å². The van der Waals surface area contributed by atoms with Gasteiger partial charge in [0.1, 0.15) is 41.6 Å². The zero-order valence-corrected chi connectivity index (χ0v) is 41.5. The third-order valence-corrected chi connectivity index (χ3v) is 15.4. The van der Waals surface area contributed by atoms with Crippen LogP contribution in [0, 0.1) is 23.7 Å². The Morgan fingerprint density at radius 2 is 1.42 bits per heavy atom. The zero-order chi connectivity index (χ0) is 50.6. The summed E-state index contributed by atoms with van der Waals surface area (Å²) in [5, 5.41) is 24.3. The Kier molecular flexibility index (Phi) is 15.2. The van der Waals surface area contributed by atoms with Gasteiger partial charge < -0.3 is 34.6 Å². The molecule has 378 valence electrons. The number of fused-ring (bicyclic) bond motifs is 3. The van der Waals surface area contributed by atoms with Crippen LogP contribution in [0.2, 0.25) is 0 Å². The predicted molar refractivity (Wildman–Crippen MR) is 269 cm³/mol. The molecule has 14 heteroatoms. The molecule has 1 aliphatic carbocycles. The number of urea groups is 1. The summed E-state index contributed by atoms with van der Waals surface area (Å²) in [4.78, 5) is 82.2. The third-order valence-electron chi connectivity index (χ3n) is 15.4. The SMILES string of the molecule is COC(=O)[C@@H](NC(=O)N1C(=O)[C@@]2(c3cc(C#CC4(O)CCCCCC4)ccc31)[C@H](c1ccc(OCCO)cc1)N1[C@H](c3ccccc3)[C@H](c3ccccc3)OC(=O)[C@H]1[C@@H]2C(=O)N1CCCCCCC1)C(C)C. The Bertz CT molecular complexity index is 2670. The van der Waals surface area contributed by atoms with E-state index in [2.05, 4.69) is 17.2 Å².